The van der Waals surface area contributed by atoms with E-state index in [1.54, 1.807) is 13.8 Å². The SMILES string of the molecule is CC(C)N(C)S(=O)(=O)NCC(O)C(C)(C)C. The molecule has 0 aliphatic rings. The van der Waals surface area contributed by atoms with Crippen LogP contribution in [0.2, 0.25) is 0 Å². The van der Waals surface area contributed by atoms with Gasteiger partial charge in [-0.2, -0.15) is 17.4 Å². The van der Waals surface area contributed by atoms with E-state index in [9.17, 15) is 13.5 Å². The number of hydrogen-bond acceptors (Lipinski definition) is 3. The van der Waals surface area contributed by atoms with Crippen molar-refractivity contribution in [1.29, 1.82) is 0 Å². The Hall–Kier alpha value is -0.170. The van der Waals surface area contributed by atoms with E-state index in [1.165, 1.54) is 11.4 Å². The van der Waals surface area contributed by atoms with Crippen LogP contribution in [0, 0.1) is 5.41 Å². The third kappa shape index (κ3) is 4.78. The summed E-state index contributed by atoms with van der Waals surface area (Å²) in [5.41, 5.74) is -0.334. The number of nitrogens with one attached hydrogen (secondary N) is 1. The molecule has 0 saturated carbocycles. The second-order valence-corrected chi connectivity index (χ2v) is 7.16. The molecule has 0 fully saturated rings. The molecule has 0 aromatic carbocycles. The van der Waals surface area contributed by atoms with Gasteiger partial charge in [-0.3, -0.25) is 0 Å². The largest absolute Gasteiger partial charge is 0.391 e. The van der Waals surface area contributed by atoms with Crippen LogP contribution in [0.25, 0.3) is 0 Å². The molecule has 1 unspecified atom stereocenters. The van der Waals surface area contributed by atoms with Gasteiger partial charge in [0.2, 0.25) is 0 Å². The van der Waals surface area contributed by atoms with Gasteiger partial charge in [-0.15, -0.1) is 0 Å². The summed E-state index contributed by atoms with van der Waals surface area (Å²) < 4.78 is 27.0. The first-order valence-corrected chi connectivity index (χ1v) is 6.83. The minimum Gasteiger partial charge on any atom is -0.391 e. The lowest BCUT2D eigenvalue weighted by molar-refractivity contribution is 0.0673. The Labute approximate surface area is 99.0 Å². The van der Waals surface area contributed by atoms with Crippen molar-refractivity contribution in [2.24, 2.45) is 5.41 Å². The van der Waals surface area contributed by atoms with E-state index in [1.807, 2.05) is 20.8 Å². The zero-order valence-electron chi connectivity index (χ0n) is 11.0. The second kappa shape index (κ2) is 5.44. The molecular formula is C10H24N2O3S. The van der Waals surface area contributed by atoms with Gasteiger partial charge in [0.05, 0.1) is 6.10 Å². The molecule has 0 saturated heterocycles. The lowest BCUT2D eigenvalue weighted by atomic mass is 9.89. The summed E-state index contributed by atoms with van der Waals surface area (Å²) in [4.78, 5) is 0. The topological polar surface area (TPSA) is 69.6 Å². The smallest absolute Gasteiger partial charge is 0.279 e. The molecule has 0 radical (unpaired) electrons. The van der Waals surface area contributed by atoms with Crippen LogP contribution in [0.4, 0.5) is 0 Å². The van der Waals surface area contributed by atoms with E-state index >= 15 is 0 Å². The van der Waals surface area contributed by atoms with Crippen LogP contribution in [0.5, 0.6) is 0 Å². The van der Waals surface area contributed by atoms with Crippen LogP contribution in [-0.2, 0) is 10.2 Å². The molecule has 0 bridgehead atoms. The van der Waals surface area contributed by atoms with Crippen LogP contribution < -0.4 is 4.72 Å². The number of aliphatic hydroxyl groups excluding tert-OH is 1. The molecule has 1 atom stereocenters. The number of hydrogen-bond donors (Lipinski definition) is 2. The highest BCUT2D eigenvalue weighted by Gasteiger charge is 2.26. The van der Waals surface area contributed by atoms with Crippen LogP contribution in [0.15, 0.2) is 0 Å². The predicted molar refractivity (Wildman–Crippen MR) is 65.3 cm³/mol. The van der Waals surface area contributed by atoms with Gasteiger partial charge in [-0.1, -0.05) is 20.8 Å². The maximum absolute atomic E-state index is 11.7. The molecule has 0 rings (SSSR count). The molecule has 0 aromatic heterocycles. The van der Waals surface area contributed by atoms with Crippen LogP contribution in [0.3, 0.4) is 0 Å². The minimum absolute atomic E-state index is 0.0306. The molecule has 0 amide bonds. The summed E-state index contributed by atoms with van der Waals surface area (Å²) >= 11 is 0. The van der Waals surface area contributed by atoms with Crippen molar-refractivity contribution in [3.63, 3.8) is 0 Å². The summed E-state index contributed by atoms with van der Waals surface area (Å²) in [6.07, 6.45) is -0.706. The van der Waals surface area contributed by atoms with E-state index in [-0.39, 0.29) is 18.0 Å². The Morgan fingerprint density at radius 1 is 1.31 bits per heavy atom. The maximum atomic E-state index is 11.7. The van der Waals surface area contributed by atoms with Crippen molar-refractivity contribution in [2.75, 3.05) is 13.6 Å². The molecule has 0 aliphatic carbocycles. The summed E-state index contributed by atoms with van der Waals surface area (Å²) in [6, 6.07) is -0.107. The van der Waals surface area contributed by atoms with E-state index in [0.29, 0.717) is 0 Å². The van der Waals surface area contributed by atoms with Crippen molar-refractivity contribution < 1.29 is 13.5 Å². The number of rotatable bonds is 5. The van der Waals surface area contributed by atoms with Crippen molar-refractivity contribution in [3.05, 3.63) is 0 Å². The van der Waals surface area contributed by atoms with Gasteiger partial charge in [0.1, 0.15) is 0 Å². The number of nitrogens with zero attached hydrogens (tertiary/aromatic N) is 1. The van der Waals surface area contributed by atoms with E-state index in [2.05, 4.69) is 4.72 Å². The highest BCUT2D eigenvalue weighted by molar-refractivity contribution is 7.87. The first-order valence-electron chi connectivity index (χ1n) is 5.39. The predicted octanol–water partition coefficient (Wildman–Crippen LogP) is 0.568. The van der Waals surface area contributed by atoms with Crippen molar-refractivity contribution >= 4 is 10.2 Å². The lowest BCUT2D eigenvalue weighted by Crippen LogP contribution is -2.46. The van der Waals surface area contributed by atoms with Crippen LogP contribution >= 0.6 is 0 Å². The molecule has 0 aliphatic heterocycles. The van der Waals surface area contributed by atoms with Crippen LogP contribution in [-0.4, -0.2) is 43.6 Å². The van der Waals surface area contributed by atoms with Gasteiger partial charge in [0.25, 0.3) is 10.2 Å². The Morgan fingerprint density at radius 2 is 1.75 bits per heavy atom. The highest BCUT2D eigenvalue weighted by atomic mass is 32.2. The quantitative estimate of drug-likeness (QED) is 0.751. The van der Waals surface area contributed by atoms with E-state index in [4.69, 9.17) is 0 Å². The number of aliphatic hydroxyl groups is 1. The third-order valence-corrected chi connectivity index (χ3v) is 4.28. The lowest BCUT2D eigenvalue weighted by Gasteiger charge is -2.27. The zero-order valence-corrected chi connectivity index (χ0v) is 11.8. The Bertz CT molecular complexity index is 307. The van der Waals surface area contributed by atoms with Gasteiger partial charge in [-0.25, -0.2) is 0 Å². The van der Waals surface area contributed by atoms with E-state index in [0.717, 1.165) is 0 Å². The molecule has 0 aromatic rings. The minimum atomic E-state index is -3.49. The molecule has 5 nitrogen and oxygen atoms in total. The molecule has 0 spiro atoms. The Kier molecular flexibility index (Phi) is 5.38. The standard InChI is InChI=1S/C10H24N2O3S/c1-8(2)12(6)16(14,15)11-7-9(13)10(3,4)5/h8-9,11,13H,7H2,1-6H3. The fourth-order valence-electron chi connectivity index (χ4n) is 0.870. The second-order valence-electron chi connectivity index (χ2n) is 5.35. The van der Waals surface area contributed by atoms with Crippen molar-refractivity contribution in [2.45, 2.75) is 46.8 Å². The first-order chi connectivity index (χ1) is 6.98. The molecule has 0 heterocycles. The zero-order chi connectivity index (χ0) is 13.1. The highest BCUT2D eigenvalue weighted by Crippen LogP contribution is 2.18. The van der Waals surface area contributed by atoms with Crippen molar-refractivity contribution in [1.82, 2.24) is 9.03 Å². The summed E-state index contributed by atoms with van der Waals surface area (Å²) in [6.45, 7) is 9.19. The normalized spacial score (nSPS) is 15.8. The fourth-order valence-corrected chi connectivity index (χ4v) is 2.00. The summed E-state index contributed by atoms with van der Waals surface area (Å²) in [7, 11) is -1.98. The molecular weight excluding hydrogens is 228 g/mol. The molecule has 98 valence electrons. The monoisotopic (exact) mass is 252 g/mol. The summed E-state index contributed by atoms with van der Waals surface area (Å²) in [5.74, 6) is 0. The van der Waals surface area contributed by atoms with Gasteiger partial charge in [0.15, 0.2) is 0 Å². The average Bonchev–Trinajstić information content (AvgIpc) is 2.11. The molecule has 16 heavy (non-hydrogen) atoms. The van der Waals surface area contributed by atoms with Crippen molar-refractivity contribution in [3.8, 4) is 0 Å². The molecule has 2 N–H and O–H groups in total. The Balaban J connectivity index is 4.42. The van der Waals surface area contributed by atoms with Gasteiger partial charge < -0.3 is 5.11 Å². The average molecular weight is 252 g/mol. The van der Waals surface area contributed by atoms with Gasteiger partial charge in [-0.05, 0) is 19.3 Å². The first kappa shape index (κ1) is 15.8. The van der Waals surface area contributed by atoms with E-state index < -0.39 is 16.3 Å². The fraction of sp³-hybridized carbons (Fsp3) is 1.00. The third-order valence-electron chi connectivity index (χ3n) is 2.57. The Morgan fingerprint density at radius 3 is 2.06 bits per heavy atom. The maximum Gasteiger partial charge on any atom is 0.279 e. The molecule has 6 heteroatoms. The summed E-state index contributed by atoms with van der Waals surface area (Å²) in [5, 5.41) is 9.72. The van der Waals surface area contributed by atoms with Gasteiger partial charge >= 0.3 is 0 Å². The van der Waals surface area contributed by atoms with Gasteiger partial charge in [0, 0.05) is 19.6 Å². The van der Waals surface area contributed by atoms with Crippen LogP contribution in [0.1, 0.15) is 34.6 Å².